The molecule has 4 nitrogen and oxygen atoms in total. The fourth-order valence-electron chi connectivity index (χ4n) is 1.91. The van der Waals surface area contributed by atoms with Gasteiger partial charge in [0.05, 0.1) is 5.92 Å². The second-order valence-electron chi connectivity index (χ2n) is 4.20. The van der Waals surface area contributed by atoms with Crippen molar-refractivity contribution in [2.45, 2.75) is 19.8 Å². The van der Waals surface area contributed by atoms with Crippen LogP contribution in [0.15, 0.2) is 18.3 Å². The van der Waals surface area contributed by atoms with Crippen LogP contribution >= 0.6 is 12.4 Å². The first-order chi connectivity index (χ1) is 7.77. The van der Waals surface area contributed by atoms with Gasteiger partial charge in [0.2, 0.25) is 5.91 Å². The summed E-state index contributed by atoms with van der Waals surface area (Å²) >= 11 is 0. The van der Waals surface area contributed by atoms with Crippen molar-refractivity contribution in [1.82, 2.24) is 10.3 Å². The SMILES string of the molecule is Cc1cccnc1NC(=O)[C@@H]1CCCNC1.Cl. The molecule has 0 bridgehead atoms. The minimum atomic E-state index is 0. The molecule has 0 aromatic carbocycles. The van der Waals surface area contributed by atoms with E-state index in [0.29, 0.717) is 5.82 Å². The number of amides is 1. The van der Waals surface area contributed by atoms with E-state index in [0.717, 1.165) is 31.5 Å². The predicted octanol–water partition coefficient (Wildman–Crippen LogP) is 1.75. The first-order valence-electron chi connectivity index (χ1n) is 5.70. The van der Waals surface area contributed by atoms with E-state index in [4.69, 9.17) is 0 Å². The average Bonchev–Trinajstić information content (AvgIpc) is 2.33. The molecule has 1 amide bonds. The van der Waals surface area contributed by atoms with Gasteiger partial charge in [-0.25, -0.2) is 4.98 Å². The third kappa shape index (κ3) is 3.68. The molecule has 0 unspecified atom stereocenters. The molecule has 2 rings (SSSR count). The molecule has 1 aliphatic heterocycles. The van der Waals surface area contributed by atoms with E-state index in [2.05, 4.69) is 15.6 Å². The van der Waals surface area contributed by atoms with E-state index in [1.807, 2.05) is 19.1 Å². The summed E-state index contributed by atoms with van der Waals surface area (Å²) in [6, 6.07) is 3.81. The highest BCUT2D eigenvalue weighted by molar-refractivity contribution is 5.92. The highest BCUT2D eigenvalue weighted by Crippen LogP contribution is 2.14. The number of aryl methyl sites for hydroxylation is 1. The largest absolute Gasteiger partial charge is 0.316 e. The Morgan fingerprint density at radius 1 is 1.59 bits per heavy atom. The van der Waals surface area contributed by atoms with E-state index in [9.17, 15) is 4.79 Å². The molecule has 94 valence electrons. The molecule has 0 aliphatic carbocycles. The van der Waals surface area contributed by atoms with Gasteiger partial charge in [-0.1, -0.05) is 6.07 Å². The number of nitrogens with one attached hydrogen (secondary N) is 2. The summed E-state index contributed by atoms with van der Waals surface area (Å²) in [7, 11) is 0. The molecule has 0 spiro atoms. The summed E-state index contributed by atoms with van der Waals surface area (Å²) in [6.07, 6.45) is 3.73. The quantitative estimate of drug-likeness (QED) is 0.847. The smallest absolute Gasteiger partial charge is 0.229 e. The number of hydrogen-bond acceptors (Lipinski definition) is 3. The molecule has 0 radical (unpaired) electrons. The fraction of sp³-hybridized carbons (Fsp3) is 0.500. The van der Waals surface area contributed by atoms with Crippen molar-refractivity contribution in [3.63, 3.8) is 0 Å². The van der Waals surface area contributed by atoms with E-state index in [1.165, 1.54) is 0 Å². The van der Waals surface area contributed by atoms with Crippen molar-refractivity contribution in [3.8, 4) is 0 Å². The molecule has 1 aromatic rings. The van der Waals surface area contributed by atoms with Gasteiger partial charge in [-0.15, -0.1) is 12.4 Å². The highest BCUT2D eigenvalue weighted by Gasteiger charge is 2.21. The predicted molar refractivity (Wildman–Crippen MR) is 70.4 cm³/mol. The van der Waals surface area contributed by atoms with Crippen LogP contribution in [-0.2, 0) is 4.79 Å². The van der Waals surface area contributed by atoms with Crippen LogP contribution in [0.1, 0.15) is 18.4 Å². The van der Waals surface area contributed by atoms with Crippen molar-refractivity contribution < 1.29 is 4.79 Å². The highest BCUT2D eigenvalue weighted by atomic mass is 35.5. The Morgan fingerprint density at radius 3 is 3.06 bits per heavy atom. The number of pyridine rings is 1. The van der Waals surface area contributed by atoms with Gasteiger partial charge in [0.25, 0.3) is 0 Å². The Balaban J connectivity index is 0.00000144. The monoisotopic (exact) mass is 255 g/mol. The van der Waals surface area contributed by atoms with Crippen LogP contribution in [0.4, 0.5) is 5.82 Å². The number of rotatable bonds is 2. The number of carbonyl (C=O) groups is 1. The Morgan fingerprint density at radius 2 is 2.41 bits per heavy atom. The van der Waals surface area contributed by atoms with Gasteiger partial charge in [-0.3, -0.25) is 4.79 Å². The van der Waals surface area contributed by atoms with E-state index < -0.39 is 0 Å². The number of anilines is 1. The van der Waals surface area contributed by atoms with E-state index in [1.54, 1.807) is 6.20 Å². The normalized spacial score (nSPS) is 19.2. The number of aromatic nitrogens is 1. The molecule has 5 heteroatoms. The summed E-state index contributed by atoms with van der Waals surface area (Å²) in [6.45, 7) is 3.74. The van der Waals surface area contributed by atoms with Gasteiger partial charge in [0, 0.05) is 12.7 Å². The van der Waals surface area contributed by atoms with E-state index in [-0.39, 0.29) is 24.2 Å². The number of carbonyl (C=O) groups excluding carboxylic acids is 1. The molecule has 1 aliphatic rings. The molecule has 17 heavy (non-hydrogen) atoms. The van der Waals surface area contributed by atoms with Crippen molar-refractivity contribution >= 4 is 24.1 Å². The molecule has 2 heterocycles. The molecular formula is C12H18ClN3O. The van der Waals surface area contributed by atoms with Crippen molar-refractivity contribution in [2.24, 2.45) is 5.92 Å². The summed E-state index contributed by atoms with van der Waals surface area (Å²) in [5.74, 6) is 0.835. The molecule has 1 saturated heterocycles. The molecule has 0 saturated carbocycles. The maximum atomic E-state index is 11.9. The fourth-order valence-corrected chi connectivity index (χ4v) is 1.91. The minimum absolute atomic E-state index is 0. The Hall–Kier alpha value is -1.13. The molecule has 1 aromatic heterocycles. The Labute approximate surface area is 108 Å². The third-order valence-electron chi connectivity index (χ3n) is 2.92. The average molecular weight is 256 g/mol. The van der Waals surface area contributed by atoms with E-state index >= 15 is 0 Å². The van der Waals surface area contributed by atoms with Crippen LogP contribution in [0.5, 0.6) is 0 Å². The standard InChI is InChI=1S/C12H17N3O.ClH/c1-9-4-2-7-14-11(9)15-12(16)10-5-3-6-13-8-10;/h2,4,7,10,13H,3,5-6,8H2,1H3,(H,14,15,16);1H/t10-;/m1./s1. The van der Waals surface area contributed by atoms with Gasteiger partial charge in [0.15, 0.2) is 0 Å². The van der Waals surface area contributed by atoms with Crippen LogP contribution in [0.25, 0.3) is 0 Å². The van der Waals surface area contributed by atoms with Gasteiger partial charge in [-0.2, -0.15) is 0 Å². The molecular weight excluding hydrogens is 238 g/mol. The summed E-state index contributed by atoms with van der Waals surface area (Å²) in [5.41, 5.74) is 1.000. The lowest BCUT2D eigenvalue weighted by Crippen LogP contribution is -2.37. The maximum Gasteiger partial charge on any atom is 0.229 e. The molecule has 2 N–H and O–H groups in total. The van der Waals surface area contributed by atoms with Crippen molar-refractivity contribution in [2.75, 3.05) is 18.4 Å². The van der Waals surface area contributed by atoms with Crippen LogP contribution in [0.2, 0.25) is 0 Å². The Kier molecular flexibility index (Phi) is 5.38. The van der Waals surface area contributed by atoms with Crippen LogP contribution in [0.3, 0.4) is 0 Å². The van der Waals surface area contributed by atoms with Crippen LogP contribution in [0, 0.1) is 12.8 Å². The van der Waals surface area contributed by atoms with Crippen LogP contribution in [-0.4, -0.2) is 24.0 Å². The second kappa shape index (κ2) is 6.57. The first kappa shape index (κ1) is 13.9. The minimum Gasteiger partial charge on any atom is -0.316 e. The third-order valence-corrected chi connectivity index (χ3v) is 2.92. The van der Waals surface area contributed by atoms with Crippen molar-refractivity contribution in [1.29, 1.82) is 0 Å². The maximum absolute atomic E-state index is 11.9. The molecule has 1 fully saturated rings. The second-order valence-corrected chi connectivity index (χ2v) is 4.20. The summed E-state index contributed by atoms with van der Waals surface area (Å²) < 4.78 is 0. The van der Waals surface area contributed by atoms with Crippen molar-refractivity contribution in [3.05, 3.63) is 23.9 Å². The lowest BCUT2D eigenvalue weighted by atomic mass is 9.99. The lowest BCUT2D eigenvalue weighted by molar-refractivity contribution is -0.120. The van der Waals surface area contributed by atoms with Crippen LogP contribution < -0.4 is 10.6 Å². The number of piperidine rings is 1. The number of halogens is 1. The van der Waals surface area contributed by atoms with Gasteiger partial charge in [-0.05, 0) is 37.9 Å². The number of hydrogen-bond donors (Lipinski definition) is 2. The Bertz CT molecular complexity index is 378. The zero-order valence-corrected chi connectivity index (χ0v) is 10.7. The summed E-state index contributed by atoms with van der Waals surface area (Å²) in [4.78, 5) is 16.1. The first-order valence-corrected chi connectivity index (χ1v) is 5.70. The van der Waals surface area contributed by atoms with Gasteiger partial charge < -0.3 is 10.6 Å². The van der Waals surface area contributed by atoms with Gasteiger partial charge >= 0.3 is 0 Å². The zero-order chi connectivity index (χ0) is 11.4. The molecule has 1 atom stereocenters. The lowest BCUT2D eigenvalue weighted by Gasteiger charge is -2.21. The topological polar surface area (TPSA) is 54.0 Å². The summed E-state index contributed by atoms with van der Waals surface area (Å²) in [5, 5.41) is 6.12. The zero-order valence-electron chi connectivity index (χ0n) is 9.90. The van der Waals surface area contributed by atoms with Gasteiger partial charge in [0.1, 0.15) is 5.82 Å². The number of nitrogens with zero attached hydrogens (tertiary/aromatic N) is 1.